The van der Waals surface area contributed by atoms with Crippen molar-refractivity contribution < 1.29 is 18.0 Å². The molecular formula is C22H21ClF3N7O. The summed E-state index contributed by atoms with van der Waals surface area (Å²) in [7, 11) is 0. The van der Waals surface area contributed by atoms with Gasteiger partial charge < -0.3 is 10.2 Å². The van der Waals surface area contributed by atoms with E-state index in [0.717, 1.165) is 19.0 Å². The highest BCUT2D eigenvalue weighted by atomic mass is 35.5. The Hall–Kier alpha value is -3.21. The van der Waals surface area contributed by atoms with E-state index in [-0.39, 0.29) is 29.7 Å². The number of alkyl halides is 3. The van der Waals surface area contributed by atoms with Gasteiger partial charge in [0.2, 0.25) is 0 Å². The van der Waals surface area contributed by atoms with E-state index >= 15 is 0 Å². The van der Waals surface area contributed by atoms with Gasteiger partial charge in [0.15, 0.2) is 5.69 Å². The summed E-state index contributed by atoms with van der Waals surface area (Å²) in [6, 6.07) is 4.89. The number of piperidine rings is 2. The van der Waals surface area contributed by atoms with E-state index in [9.17, 15) is 18.0 Å². The second-order valence-electron chi connectivity index (χ2n) is 8.67. The third kappa shape index (κ3) is 4.08. The Morgan fingerprint density at radius 2 is 1.91 bits per heavy atom. The summed E-state index contributed by atoms with van der Waals surface area (Å²) in [4.78, 5) is 24.4. The number of hydrogen-bond donors (Lipinski definition) is 1. The number of amides is 1. The molecule has 3 aliphatic rings. The summed E-state index contributed by atoms with van der Waals surface area (Å²) in [6.45, 7) is 2.43. The minimum absolute atomic E-state index is 0.0802. The average Bonchev–Trinajstić information content (AvgIpc) is 3.31. The zero-order valence-corrected chi connectivity index (χ0v) is 18.8. The molecule has 6 rings (SSSR count). The molecule has 4 heterocycles. The molecule has 1 aliphatic carbocycles. The largest absolute Gasteiger partial charge is 0.434 e. The first-order valence-corrected chi connectivity index (χ1v) is 11.2. The van der Waals surface area contributed by atoms with Crippen LogP contribution in [0.2, 0.25) is 5.02 Å². The Morgan fingerprint density at radius 1 is 1.18 bits per heavy atom. The van der Waals surface area contributed by atoms with E-state index in [1.165, 1.54) is 17.2 Å². The summed E-state index contributed by atoms with van der Waals surface area (Å²) in [6.07, 6.45) is 2.09. The highest BCUT2D eigenvalue weighted by Gasteiger charge is 2.50. The fourth-order valence-corrected chi connectivity index (χ4v) is 5.01. The number of hydrogen-bond acceptors (Lipinski definition) is 6. The van der Waals surface area contributed by atoms with Crippen molar-refractivity contribution in [2.24, 2.45) is 11.8 Å². The van der Waals surface area contributed by atoms with Crippen molar-refractivity contribution >= 4 is 23.3 Å². The lowest BCUT2D eigenvalue weighted by molar-refractivity contribution is -0.141. The Bertz CT molecular complexity index is 1180. The second kappa shape index (κ2) is 8.53. The van der Waals surface area contributed by atoms with Gasteiger partial charge in [-0.2, -0.15) is 28.2 Å². The van der Waals surface area contributed by atoms with Crippen molar-refractivity contribution in [3.8, 4) is 5.69 Å². The van der Waals surface area contributed by atoms with Crippen LogP contribution < -0.4 is 5.32 Å². The van der Waals surface area contributed by atoms with Crippen molar-refractivity contribution in [2.75, 3.05) is 11.9 Å². The van der Waals surface area contributed by atoms with Crippen molar-refractivity contribution in [2.45, 2.75) is 38.0 Å². The van der Waals surface area contributed by atoms with Gasteiger partial charge in [0, 0.05) is 17.6 Å². The van der Waals surface area contributed by atoms with Gasteiger partial charge >= 0.3 is 6.18 Å². The third-order valence-electron chi connectivity index (χ3n) is 6.74. The van der Waals surface area contributed by atoms with Gasteiger partial charge in [-0.3, -0.25) is 4.79 Å². The molecule has 12 heteroatoms. The molecule has 2 bridgehead atoms. The summed E-state index contributed by atoms with van der Waals surface area (Å²) in [5.74, 6) is 0.714. The molecule has 2 atom stereocenters. The molecule has 3 fully saturated rings. The predicted molar refractivity (Wildman–Crippen MR) is 118 cm³/mol. The normalized spacial score (nSPS) is 24.0. The Kier molecular flexibility index (Phi) is 5.67. The monoisotopic (exact) mass is 491 g/mol. The smallest absolute Gasteiger partial charge is 0.367 e. The zero-order chi connectivity index (χ0) is 24.0. The number of fused-ring (bicyclic) bond motifs is 2. The van der Waals surface area contributed by atoms with Crippen molar-refractivity contribution in [3.05, 3.63) is 59.3 Å². The maximum absolute atomic E-state index is 13.8. The molecule has 2 aromatic heterocycles. The molecule has 1 saturated carbocycles. The van der Waals surface area contributed by atoms with E-state index in [0.29, 0.717) is 34.9 Å². The summed E-state index contributed by atoms with van der Waals surface area (Å²) < 4.78 is 38.3. The number of carbonyl (C=O) groups excluding carboxylic acids is 1. The van der Waals surface area contributed by atoms with Crippen LogP contribution in [-0.4, -0.2) is 54.4 Å². The summed E-state index contributed by atoms with van der Waals surface area (Å²) in [5, 5.41) is 11.8. The molecule has 0 radical (unpaired) electrons. The van der Waals surface area contributed by atoms with E-state index < -0.39 is 11.9 Å². The van der Waals surface area contributed by atoms with Crippen LogP contribution in [-0.2, 0) is 6.18 Å². The lowest BCUT2D eigenvalue weighted by Crippen LogP contribution is -2.64. The molecule has 1 aromatic carbocycles. The van der Waals surface area contributed by atoms with Gasteiger partial charge in [-0.15, -0.1) is 0 Å². The van der Waals surface area contributed by atoms with Crippen LogP contribution in [0.15, 0.2) is 43.0 Å². The molecule has 8 nitrogen and oxygen atoms in total. The predicted octanol–water partition coefficient (Wildman–Crippen LogP) is 4.08. The minimum Gasteiger partial charge on any atom is -0.367 e. The summed E-state index contributed by atoms with van der Waals surface area (Å²) in [5.41, 5.74) is -0.141. The van der Waals surface area contributed by atoms with Crippen LogP contribution in [0.4, 0.5) is 19.0 Å². The quantitative estimate of drug-likeness (QED) is 0.578. The van der Waals surface area contributed by atoms with Gasteiger partial charge in [-0.25, -0.2) is 9.97 Å². The first-order chi connectivity index (χ1) is 16.2. The Morgan fingerprint density at radius 3 is 2.56 bits per heavy atom. The van der Waals surface area contributed by atoms with Gasteiger partial charge in [-0.1, -0.05) is 18.5 Å². The second-order valence-corrected chi connectivity index (χ2v) is 9.11. The van der Waals surface area contributed by atoms with E-state index in [1.807, 2.05) is 4.90 Å². The first-order valence-electron chi connectivity index (χ1n) is 10.8. The maximum atomic E-state index is 13.8. The Balaban J connectivity index is 1.40. The molecule has 2 aliphatic heterocycles. The summed E-state index contributed by atoms with van der Waals surface area (Å²) >= 11 is 6.23. The average molecular weight is 492 g/mol. The third-order valence-corrected chi connectivity index (χ3v) is 6.98. The number of benzene rings is 1. The number of aromatic nitrogens is 5. The molecular weight excluding hydrogens is 471 g/mol. The van der Waals surface area contributed by atoms with Crippen LogP contribution in [0.1, 0.15) is 35.8 Å². The van der Waals surface area contributed by atoms with Crippen LogP contribution in [0, 0.1) is 11.8 Å². The number of anilines is 1. The van der Waals surface area contributed by atoms with Crippen LogP contribution >= 0.6 is 11.6 Å². The van der Waals surface area contributed by atoms with Gasteiger partial charge in [-0.05, 0) is 42.9 Å². The number of nitrogens with zero attached hydrogens (tertiary/aromatic N) is 6. The van der Waals surface area contributed by atoms with Gasteiger partial charge in [0.05, 0.1) is 42.1 Å². The van der Waals surface area contributed by atoms with E-state index in [4.69, 9.17) is 11.6 Å². The molecule has 3 aromatic rings. The standard InChI is InChI=1S/C22H21ClF3N7O/c1-12-13-6-15(7-13)32(18(12)9-28-20-11-27-19(10-29-20)22(24,25)26)21(34)16-8-14(23)2-3-17(16)33-30-4-5-31-33/h2-5,8,10-13,15,18H,6-7,9H2,1H3,(H,28,29)/t12-,13?,15?,18?/m1/s1. The highest BCUT2D eigenvalue weighted by molar-refractivity contribution is 6.31. The number of nitrogens with one attached hydrogen (secondary N) is 1. The molecule has 2 saturated heterocycles. The van der Waals surface area contributed by atoms with Crippen molar-refractivity contribution in [1.82, 2.24) is 29.9 Å². The Labute approximate surface area is 198 Å². The lowest BCUT2D eigenvalue weighted by atomic mass is 9.64. The molecule has 1 N–H and O–H groups in total. The lowest BCUT2D eigenvalue weighted by Gasteiger charge is -2.57. The fraction of sp³-hybridized carbons (Fsp3) is 0.409. The van der Waals surface area contributed by atoms with Gasteiger partial charge in [0.25, 0.3) is 5.91 Å². The minimum atomic E-state index is -4.55. The fourth-order valence-electron chi connectivity index (χ4n) is 4.83. The number of halogens is 4. The topological polar surface area (TPSA) is 88.8 Å². The van der Waals surface area contributed by atoms with Crippen LogP contribution in [0.25, 0.3) is 5.69 Å². The van der Waals surface area contributed by atoms with E-state index in [1.54, 1.807) is 18.2 Å². The molecule has 178 valence electrons. The van der Waals surface area contributed by atoms with Crippen LogP contribution in [0.3, 0.4) is 0 Å². The molecule has 0 spiro atoms. The number of carbonyl (C=O) groups is 1. The zero-order valence-electron chi connectivity index (χ0n) is 18.1. The van der Waals surface area contributed by atoms with Gasteiger partial charge in [0.1, 0.15) is 5.82 Å². The maximum Gasteiger partial charge on any atom is 0.434 e. The molecule has 34 heavy (non-hydrogen) atoms. The highest BCUT2D eigenvalue weighted by Crippen LogP contribution is 2.47. The van der Waals surface area contributed by atoms with Crippen LogP contribution in [0.5, 0.6) is 0 Å². The molecule has 1 unspecified atom stereocenters. The van der Waals surface area contributed by atoms with Crippen molar-refractivity contribution in [3.63, 3.8) is 0 Å². The SMILES string of the molecule is C[C@@H]1C2CC(C2)N(C(=O)c2cc(Cl)ccc2-n2nccn2)C1CNc1cnc(C(F)(F)F)cn1. The first kappa shape index (κ1) is 22.6. The molecule has 1 amide bonds. The van der Waals surface area contributed by atoms with E-state index in [2.05, 4.69) is 32.4 Å². The van der Waals surface area contributed by atoms with Crippen molar-refractivity contribution in [1.29, 1.82) is 0 Å². The number of rotatable bonds is 5.